The zero-order valence-electron chi connectivity index (χ0n) is 17.4. The fourth-order valence-corrected chi connectivity index (χ4v) is 4.84. The Kier molecular flexibility index (Phi) is 6.96. The molecule has 1 saturated heterocycles. The molecule has 0 aliphatic carbocycles. The smallest absolute Gasteiger partial charge is 0.249 e. The molecule has 162 valence electrons. The molecule has 1 N–H and O–H groups in total. The standard InChI is InChI=1S/C21H27N3O5S/c1-23(2)21(25)20(16-7-5-4-6-8-16)22-17-9-10-18(28-3)19(15-17)30(26,27)24-11-13-29-14-12-24/h4-10,15,20,22H,11-14H2,1-3H3/t20-/m0/s1. The van der Waals surface area contributed by atoms with Gasteiger partial charge in [-0.15, -0.1) is 0 Å². The van der Waals surface area contributed by atoms with Crippen molar-refractivity contribution in [3.63, 3.8) is 0 Å². The topological polar surface area (TPSA) is 88.2 Å². The summed E-state index contributed by atoms with van der Waals surface area (Å²) in [6, 6.07) is 13.5. The molecule has 2 aromatic rings. The number of nitrogens with one attached hydrogen (secondary N) is 1. The molecule has 0 aromatic heterocycles. The van der Waals surface area contributed by atoms with Crippen LogP contribution < -0.4 is 10.1 Å². The summed E-state index contributed by atoms with van der Waals surface area (Å²) in [7, 11) is 1.03. The highest BCUT2D eigenvalue weighted by molar-refractivity contribution is 7.89. The molecule has 9 heteroatoms. The SMILES string of the molecule is COc1ccc(N[C@H](C(=O)N(C)C)c2ccccc2)cc1S(=O)(=O)N1CCOCC1. The van der Waals surface area contributed by atoms with Crippen LogP contribution in [0.15, 0.2) is 53.4 Å². The summed E-state index contributed by atoms with van der Waals surface area (Å²) >= 11 is 0. The molecule has 1 heterocycles. The van der Waals surface area contributed by atoms with E-state index < -0.39 is 16.1 Å². The summed E-state index contributed by atoms with van der Waals surface area (Å²) in [6.07, 6.45) is 0. The van der Waals surface area contributed by atoms with Crippen LogP contribution in [0.1, 0.15) is 11.6 Å². The Morgan fingerprint density at radius 1 is 1.13 bits per heavy atom. The van der Waals surface area contributed by atoms with Crippen LogP contribution in [-0.4, -0.2) is 71.0 Å². The van der Waals surface area contributed by atoms with E-state index in [9.17, 15) is 13.2 Å². The van der Waals surface area contributed by atoms with Gasteiger partial charge in [0.05, 0.1) is 20.3 Å². The van der Waals surface area contributed by atoms with Crippen molar-refractivity contribution >= 4 is 21.6 Å². The van der Waals surface area contributed by atoms with Gasteiger partial charge in [0.25, 0.3) is 0 Å². The van der Waals surface area contributed by atoms with Crippen LogP contribution in [0.2, 0.25) is 0 Å². The summed E-state index contributed by atoms with van der Waals surface area (Å²) < 4.78 is 38.4. The van der Waals surface area contributed by atoms with Gasteiger partial charge >= 0.3 is 0 Å². The number of methoxy groups -OCH3 is 1. The first kappa shape index (κ1) is 22.1. The fourth-order valence-electron chi connectivity index (χ4n) is 3.25. The maximum Gasteiger partial charge on any atom is 0.249 e. The number of benzene rings is 2. The van der Waals surface area contributed by atoms with Crippen LogP contribution in [0, 0.1) is 0 Å². The molecule has 0 radical (unpaired) electrons. The van der Waals surface area contributed by atoms with Crippen LogP contribution in [0.25, 0.3) is 0 Å². The lowest BCUT2D eigenvalue weighted by Gasteiger charge is -2.27. The lowest BCUT2D eigenvalue weighted by atomic mass is 10.1. The van der Waals surface area contributed by atoms with Crippen molar-refractivity contribution in [2.75, 3.05) is 52.8 Å². The predicted octanol–water partition coefficient (Wildman–Crippen LogP) is 1.96. The molecule has 0 unspecified atom stereocenters. The van der Waals surface area contributed by atoms with Gasteiger partial charge in [-0.1, -0.05) is 30.3 Å². The largest absolute Gasteiger partial charge is 0.495 e. The van der Waals surface area contributed by atoms with Crippen LogP contribution in [0.3, 0.4) is 0 Å². The second-order valence-electron chi connectivity index (χ2n) is 7.10. The number of rotatable bonds is 7. The van der Waals surface area contributed by atoms with Gasteiger partial charge < -0.3 is 19.7 Å². The minimum Gasteiger partial charge on any atom is -0.495 e. The van der Waals surface area contributed by atoms with E-state index >= 15 is 0 Å². The second kappa shape index (κ2) is 9.46. The summed E-state index contributed by atoms with van der Waals surface area (Å²) in [5.74, 6) is 0.108. The average molecular weight is 434 g/mol. The van der Waals surface area contributed by atoms with Crippen molar-refractivity contribution in [3.8, 4) is 5.75 Å². The van der Waals surface area contributed by atoms with Crippen molar-refractivity contribution < 1.29 is 22.7 Å². The number of hydrogen-bond donors (Lipinski definition) is 1. The molecular formula is C21H27N3O5S. The number of amides is 1. The van der Waals surface area contributed by atoms with Gasteiger partial charge in [0.15, 0.2) is 0 Å². The third-order valence-corrected chi connectivity index (χ3v) is 6.80. The zero-order chi connectivity index (χ0) is 21.7. The van der Waals surface area contributed by atoms with Gasteiger partial charge in [-0.25, -0.2) is 8.42 Å². The summed E-state index contributed by atoms with van der Waals surface area (Å²) in [6.45, 7) is 1.28. The minimum atomic E-state index is -3.77. The molecule has 1 aliphatic rings. The van der Waals surface area contributed by atoms with E-state index in [1.165, 1.54) is 22.4 Å². The molecule has 1 fully saturated rings. The lowest BCUT2D eigenvalue weighted by molar-refractivity contribution is -0.129. The maximum atomic E-state index is 13.2. The van der Waals surface area contributed by atoms with Crippen molar-refractivity contribution in [1.29, 1.82) is 0 Å². The number of carbonyl (C=O) groups excluding carboxylic acids is 1. The molecule has 0 spiro atoms. The van der Waals surface area contributed by atoms with E-state index in [4.69, 9.17) is 9.47 Å². The van der Waals surface area contributed by atoms with Gasteiger partial charge in [0, 0.05) is 32.9 Å². The van der Waals surface area contributed by atoms with E-state index in [-0.39, 0.29) is 29.6 Å². The Hall–Kier alpha value is -2.62. The van der Waals surface area contributed by atoms with Gasteiger partial charge in [0.2, 0.25) is 15.9 Å². The monoisotopic (exact) mass is 433 g/mol. The van der Waals surface area contributed by atoms with E-state index in [0.717, 1.165) is 5.56 Å². The number of morpholine rings is 1. The highest BCUT2D eigenvalue weighted by atomic mass is 32.2. The van der Waals surface area contributed by atoms with Crippen molar-refractivity contribution in [2.24, 2.45) is 0 Å². The molecule has 1 aliphatic heterocycles. The molecule has 3 rings (SSSR count). The van der Waals surface area contributed by atoms with Gasteiger partial charge in [-0.3, -0.25) is 4.79 Å². The minimum absolute atomic E-state index is 0.0565. The molecule has 8 nitrogen and oxygen atoms in total. The predicted molar refractivity (Wildman–Crippen MR) is 114 cm³/mol. The number of nitrogens with zero attached hydrogens (tertiary/aromatic N) is 2. The summed E-state index contributed by atoms with van der Waals surface area (Å²) in [4.78, 5) is 14.4. The number of hydrogen-bond acceptors (Lipinski definition) is 6. The van der Waals surface area contributed by atoms with Crippen LogP contribution in [0.4, 0.5) is 5.69 Å². The van der Waals surface area contributed by atoms with Gasteiger partial charge in [-0.05, 0) is 23.8 Å². The molecular weight excluding hydrogens is 406 g/mol. The number of anilines is 1. The Morgan fingerprint density at radius 2 is 1.80 bits per heavy atom. The normalized spacial score (nSPS) is 16.0. The van der Waals surface area contributed by atoms with Crippen LogP contribution >= 0.6 is 0 Å². The zero-order valence-corrected chi connectivity index (χ0v) is 18.2. The molecule has 0 saturated carbocycles. The molecule has 2 aromatic carbocycles. The molecule has 30 heavy (non-hydrogen) atoms. The first-order valence-corrected chi connectivity index (χ1v) is 11.1. The molecule has 0 bridgehead atoms. The second-order valence-corrected chi connectivity index (χ2v) is 9.01. The van der Waals surface area contributed by atoms with Gasteiger partial charge in [0.1, 0.15) is 16.7 Å². The lowest BCUT2D eigenvalue weighted by Crippen LogP contribution is -2.40. The maximum absolute atomic E-state index is 13.2. The third-order valence-electron chi connectivity index (χ3n) is 4.88. The Bertz CT molecular complexity index is 973. The molecule has 1 atom stereocenters. The van der Waals surface area contributed by atoms with Crippen molar-refractivity contribution in [3.05, 3.63) is 54.1 Å². The first-order valence-electron chi connectivity index (χ1n) is 9.63. The van der Waals surface area contributed by atoms with E-state index in [2.05, 4.69) is 5.32 Å². The van der Waals surface area contributed by atoms with E-state index in [0.29, 0.717) is 18.9 Å². The first-order chi connectivity index (χ1) is 14.3. The summed E-state index contributed by atoms with van der Waals surface area (Å²) in [5.41, 5.74) is 1.29. The van der Waals surface area contributed by atoms with Crippen LogP contribution in [0.5, 0.6) is 5.75 Å². The Balaban J connectivity index is 1.97. The number of sulfonamides is 1. The number of carbonyl (C=O) groups is 1. The van der Waals surface area contributed by atoms with E-state index in [1.54, 1.807) is 26.2 Å². The van der Waals surface area contributed by atoms with E-state index in [1.807, 2.05) is 30.3 Å². The summed E-state index contributed by atoms with van der Waals surface area (Å²) in [5, 5.41) is 3.19. The number of likely N-dealkylation sites (N-methyl/N-ethyl adjacent to an activating group) is 1. The molecule has 1 amide bonds. The Labute approximate surface area is 177 Å². The average Bonchev–Trinajstić information content (AvgIpc) is 2.78. The van der Waals surface area contributed by atoms with Crippen molar-refractivity contribution in [1.82, 2.24) is 9.21 Å². The van der Waals surface area contributed by atoms with Crippen molar-refractivity contribution in [2.45, 2.75) is 10.9 Å². The van der Waals surface area contributed by atoms with Gasteiger partial charge in [-0.2, -0.15) is 4.31 Å². The third kappa shape index (κ3) is 4.75. The highest BCUT2D eigenvalue weighted by Crippen LogP contribution is 2.32. The highest BCUT2D eigenvalue weighted by Gasteiger charge is 2.30. The van der Waals surface area contributed by atoms with Crippen LogP contribution in [-0.2, 0) is 19.6 Å². The quantitative estimate of drug-likeness (QED) is 0.718. The number of ether oxygens (including phenoxy) is 2. The fraction of sp³-hybridized carbons (Fsp3) is 0.381. The Morgan fingerprint density at radius 3 is 2.40 bits per heavy atom.